The Hall–Kier alpha value is -3.32. The van der Waals surface area contributed by atoms with E-state index < -0.39 is 23.4 Å². The Morgan fingerprint density at radius 1 is 1.03 bits per heavy atom. The van der Waals surface area contributed by atoms with E-state index in [1.807, 2.05) is 48.7 Å². The first-order valence-electron chi connectivity index (χ1n) is 9.37. The van der Waals surface area contributed by atoms with E-state index in [-0.39, 0.29) is 6.42 Å². The summed E-state index contributed by atoms with van der Waals surface area (Å²) in [6, 6.07) is 20.8. The van der Waals surface area contributed by atoms with Gasteiger partial charge in [0.1, 0.15) is 11.5 Å². The highest BCUT2D eigenvalue weighted by Crippen LogP contribution is 2.24. The SMILES string of the molecule is CSC(CC(NC(=O)c1ccccc1-c1ccccc1)C(=O)O)Oc1ccccn1. The Morgan fingerprint density at radius 3 is 2.40 bits per heavy atom. The number of rotatable bonds is 9. The lowest BCUT2D eigenvalue weighted by Crippen LogP contribution is -2.43. The molecule has 3 aromatic rings. The van der Waals surface area contributed by atoms with Crippen LogP contribution in [0.1, 0.15) is 16.8 Å². The third-order valence-electron chi connectivity index (χ3n) is 4.44. The number of amides is 1. The number of hydrogen-bond donors (Lipinski definition) is 2. The second-order valence-electron chi connectivity index (χ2n) is 6.46. The molecule has 3 rings (SSSR count). The number of pyridine rings is 1. The van der Waals surface area contributed by atoms with E-state index in [0.29, 0.717) is 11.4 Å². The minimum Gasteiger partial charge on any atom is -0.480 e. The number of nitrogens with one attached hydrogen (secondary N) is 1. The lowest BCUT2D eigenvalue weighted by Gasteiger charge is -2.21. The minimum atomic E-state index is -1.12. The molecular weight excluding hydrogens is 400 g/mol. The molecule has 7 heteroatoms. The molecule has 0 radical (unpaired) electrons. The van der Waals surface area contributed by atoms with Crippen LogP contribution in [0.5, 0.6) is 5.88 Å². The van der Waals surface area contributed by atoms with Crippen LogP contribution in [-0.4, -0.2) is 39.7 Å². The summed E-state index contributed by atoms with van der Waals surface area (Å²) in [6.07, 6.45) is 3.51. The number of aliphatic carboxylic acids is 1. The first-order valence-corrected chi connectivity index (χ1v) is 10.7. The first-order chi connectivity index (χ1) is 14.6. The van der Waals surface area contributed by atoms with Gasteiger partial charge in [0.15, 0.2) is 0 Å². The van der Waals surface area contributed by atoms with Crippen LogP contribution in [0.25, 0.3) is 11.1 Å². The van der Waals surface area contributed by atoms with Crippen LogP contribution in [0.15, 0.2) is 79.0 Å². The highest BCUT2D eigenvalue weighted by atomic mass is 32.2. The Morgan fingerprint density at radius 2 is 1.73 bits per heavy atom. The molecule has 0 saturated carbocycles. The molecule has 0 fully saturated rings. The van der Waals surface area contributed by atoms with Crippen molar-refractivity contribution in [1.29, 1.82) is 0 Å². The van der Waals surface area contributed by atoms with Gasteiger partial charge in [-0.25, -0.2) is 9.78 Å². The van der Waals surface area contributed by atoms with E-state index in [1.54, 1.807) is 36.5 Å². The molecule has 0 aliphatic rings. The normalized spacial score (nSPS) is 12.6. The molecule has 6 nitrogen and oxygen atoms in total. The highest BCUT2D eigenvalue weighted by Gasteiger charge is 2.26. The van der Waals surface area contributed by atoms with Gasteiger partial charge in [-0.1, -0.05) is 54.6 Å². The van der Waals surface area contributed by atoms with Crippen LogP contribution in [0, 0.1) is 0 Å². The third kappa shape index (κ3) is 5.61. The van der Waals surface area contributed by atoms with E-state index in [4.69, 9.17) is 4.74 Å². The largest absolute Gasteiger partial charge is 0.480 e. The molecule has 1 aromatic heterocycles. The van der Waals surface area contributed by atoms with Crippen molar-refractivity contribution in [1.82, 2.24) is 10.3 Å². The Balaban J connectivity index is 1.76. The fourth-order valence-corrected chi connectivity index (χ4v) is 3.52. The monoisotopic (exact) mass is 422 g/mol. The van der Waals surface area contributed by atoms with Crippen molar-refractivity contribution in [2.24, 2.45) is 0 Å². The maximum absolute atomic E-state index is 12.9. The van der Waals surface area contributed by atoms with E-state index in [9.17, 15) is 14.7 Å². The van der Waals surface area contributed by atoms with Crippen molar-refractivity contribution in [3.63, 3.8) is 0 Å². The van der Waals surface area contributed by atoms with Crippen molar-refractivity contribution in [2.75, 3.05) is 6.26 Å². The summed E-state index contributed by atoms with van der Waals surface area (Å²) >= 11 is 1.36. The molecule has 0 aliphatic carbocycles. The third-order valence-corrected chi connectivity index (χ3v) is 5.26. The van der Waals surface area contributed by atoms with Gasteiger partial charge in [0, 0.05) is 24.2 Å². The predicted molar refractivity (Wildman–Crippen MR) is 118 cm³/mol. The Kier molecular flexibility index (Phi) is 7.45. The van der Waals surface area contributed by atoms with Crippen molar-refractivity contribution < 1.29 is 19.4 Å². The zero-order valence-corrected chi connectivity index (χ0v) is 17.2. The molecule has 0 bridgehead atoms. The molecule has 0 saturated heterocycles. The van der Waals surface area contributed by atoms with Crippen molar-refractivity contribution in [3.05, 3.63) is 84.6 Å². The van der Waals surface area contributed by atoms with Crippen LogP contribution in [0.4, 0.5) is 0 Å². The number of hydrogen-bond acceptors (Lipinski definition) is 5. The van der Waals surface area contributed by atoms with Gasteiger partial charge in [-0.15, -0.1) is 11.8 Å². The summed E-state index contributed by atoms with van der Waals surface area (Å²) < 4.78 is 5.76. The van der Waals surface area contributed by atoms with Crippen LogP contribution in [0.3, 0.4) is 0 Å². The Bertz CT molecular complexity index is 983. The maximum Gasteiger partial charge on any atom is 0.326 e. The number of aromatic nitrogens is 1. The average molecular weight is 423 g/mol. The molecule has 1 amide bonds. The maximum atomic E-state index is 12.9. The van der Waals surface area contributed by atoms with Gasteiger partial charge in [-0.3, -0.25) is 4.79 Å². The van der Waals surface area contributed by atoms with Crippen molar-refractivity contribution >= 4 is 23.6 Å². The van der Waals surface area contributed by atoms with Crippen LogP contribution in [0.2, 0.25) is 0 Å². The van der Waals surface area contributed by atoms with E-state index in [0.717, 1.165) is 11.1 Å². The molecule has 0 spiro atoms. The van der Waals surface area contributed by atoms with Crippen molar-refractivity contribution in [3.8, 4) is 17.0 Å². The highest BCUT2D eigenvalue weighted by molar-refractivity contribution is 7.99. The van der Waals surface area contributed by atoms with Gasteiger partial charge in [0.2, 0.25) is 5.88 Å². The molecule has 2 atom stereocenters. The molecule has 1 heterocycles. The quantitative estimate of drug-likeness (QED) is 0.505. The summed E-state index contributed by atoms with van der Waals surface area (Å²) in [5.74, 6) is -1.16. The molecule has 2 N–H and O–H groups in total. The van der Waals surface area contributed by atoms with E-state index >= 15 is 0 Å². The van der Waals surface area contributed by atoms with Gasteiger partial charge in [-0.05, 0) is 29.5 Å². The summed E-state index contributed by atoms with van der Waals surface area (Å²) in [6.45, 7) is 0. The number of thioether (sulfide) groups is 1. The van der Waals surface area contributed by atoms with Gasteiger partial charge in [-0.2, -0.15) is 0 Å². The number of ether oxygens (including phenoxy) is 1. The zero-order chi connectivity index (χ0) is 21.3. The summed E-state index contributed by atoms with van der Waals surface area (Å²) in [7, 11) is 0. The number of nitrogens with zero attached hydrogens (tertiary/aromatic N) is 1. The predicted octanol–water partition coefficient (Wildman–Crippen LogP) is 4.09. The molecule has 30 heavy (non-hydrogen) atoms. The Labute approximate surface area is 179 Å². The average Bonchev–Trinajstić information content (AvgIpc) is 2.79. The number of benzene rings is 2. The van der Waals surface area contributed by atoms with E-state index in [1.165, 1.54) is 11.8 Å². The standard InChI is InChI=1S/C23H22N2O4S/c1-30-21(29-20-13-7-8-14-24-20)15-19(23(27)28)25-22(26)18-12-6-5-11-17(18)16-9-3-2-4-10-16/h2-14,19,21H,15H2,1H3,(H,25,26)(H,27,28). The summed E-state index contributed by atoms with van der Waals surface area (Å²) in [5.41, 5.74) is 1.56. The second kappa shape index (κ2) is 10.5. The van der Waals surface area contributed by atoms with Gasteiger partial charge in [0.05, 0.1) is 0 Å². The van der Waals surface area contributed by atoms with Crippen LogP contribution < -0.4 is 10.1 Å². The molecule has 154 valence electrons. The van der Waals surface area contributed by atoms with Crippen LogP contribution >= 0.6 is 11.8 Å². The van der Waals surface area contributed by atoms with Gasteiger partial charge < -0.3 is 15.2 Å². The molecule has 0 aliphatic heterocycles. The second-order valence-corrected chi connectivity index (χ2v) is 7.46. The van der Waals surface area contributed by atoms with Crippen LogP contribution in [-0.2, 0) is 4.79 Å². The van der Waals surface area contributed by atoms with Crippen molar-refractivity contribution in [2.45, 2.75) is 17.9 Å². The van der Waals surface area contributed by atoms with Gasteiger partial charge >= 0.3 is 5.97 Å². The number of carboxylic acid groups (broad SMARTS) is 1. The van der Waals surface area contributed by atoms with E-state index in [2.05, 4.69) is 10.3 Å². The zero-order valence-electron chi connectivity index (χ0n) is 16.4. The summed E-state index contributed by atoms with van der Waals surface area (Å²) in [5, 5.41) is 12.3. The van der Waals surface area contributed by atoms with Gasteiger partial charge in [0.25, 0.3) is 5.91 Å². The fourth-order valence-electron chi connectivity index (χ4n) is 2.94. The summed E-state index contributed by atoms with van der Waals surface area (Å²) in [4.78, 5) is 28.9. The molecular formula is C23H22N2O4S. The number of carbonyl (C=O) groups is 2. The number of carboxylic acids is 1. The fraction of sp³-hybridized carbons (Fsp3) is 0.174. The molecule has 2 aromatic carbocycles. The lowest BCUT2D eigenvalue weighted by atomic mass is 9.99. The first kappa shape index (κ1) is 21.4. The smallest absolute Gasteiger partial charge is 0.326 e. The molecule has 2 unspecified atom stereocenters. The topological polar surface area (TPSA) is 88.5 Å². The number of carbonyl (C=O) groups excluding carboxylic acids is 1. The minimum absolute atomic E-state index is 0.0896. The lowest BCUT2D eigenvalue weighted by molar-refractivity contribution is -0.139.